The van der Waals surface area contributed by atoms with Gasteiger partial charge in [-0.3, -0.25) is 4.98 Å². The maximum absolute atomic E-state index is 6.27. The summed E-state index contributed by atoms with van der Waals surface area (Å²) in [5.41, 5.74) is 5.17. The summed E-state index contributed by atoms with van der Waals surface area (Å²) in [5.74, 6) is 0.646. The van der Waals surface area contributed by atoms with Gasteiger partial charge in [0.05, 0.1) is 15.7 Å². The van der Waals surface area contributed by atoms with Crippen LogP contribution < -0.4 is 9.64 Å². The van der Waals surface area contributed by atoms with Gasteiger partial charge in [0.2, 0.25) is 0 Å². The van der Waals surface area contributed by atoms with Crippen LogP contribution in [0.15, 0.2) is 85.8 Å². The molecule has 166 valence electrons. The van der Waals surface area contributed by atoms with Gasteiger partial charge in [-0.25, -0.2) is 4.98 Å². The number of rotatable bonds is 7. The second kappa shape index (κ2) is 10.1. The van der Waals surface area contributed by atoms with Crippen molar-refractivity contribution in [2.75, 3.05) is 4.90 Å². The Balaban J connectivity index is 1.78. The van der Waals surface area contributed by atoms with E-state index in [-0.39, 0.29) is 6.61 Å². The predicted molar refractivity (Wildman–Crippen MR) is 138 cm³/mol. The summed E-state index contributed by atoms with van der Waals surface area (Å²) in [5, 5.41) is 1.87. The number of anilines is 1. The average molecular weight is 476 g/mol. The highest BCUT2D eigenvalue weighted by molar-refractivity contribution is 6.35. The summed E-state index contributed by atoms with van der Waals surface area (Å²) in [4.78, 5) is 10.9. The quantitative estimate of drug-likeness (QED) is 0.272. The van der Waals surface area contributed by atoms with E-state index < -0.39 is 0 Å². The predicted octanol–water partition coefficient (Wildman–Crippen LogP) is 7.83. The van der Waals surface area contributed by atoms with Crippen molar-refractivity contribution in [3.05, 3.63) is 113 Å². The highest BCUT2D eigenvalue weighted by atomic mass is 35.5. The maximum Gasteiger partial charge on any atom is 0.146 e. The molecule has 0 fully saturated rings. The third-order valence-corrected chi connectivity index (χ3v) is 5.84. The number of aryl methyl sites for hydroxylation is 1. The molecule has 0 aliphatic heterocycles. The van der Waals surface area contributed by atoms with Crippen LogP contribution in [0, 0.1) is 6.92 Å². The zero-order chi connectivity index (χ0) is 23.4. The fourth-order valence-corrected chi connectivity index (χ4v) is 4.08. The molecule has 0 saturated heterocycles. The van der Waals surface area contributed by atoms with Gasteiger partial charge >= 0.3 is 0 Å². The molecule has 0 saturated carbocycles. The summed E-state index contributed by atoms with van der Waals surface area (Å²) in [7, 11) is 0. The number of fused-ring (bicyclic) bond motifs is 1. The van der Waals surface area contributed by atoms with Gasteiger partial charge in [0.1, 0.15) is 17.9 Å². The van der Waals surface area contributed by atoms with Crippen molar-refractivity contribution in [1.82, 2.24) is 9.97 Å². The molecule has 0 aliphatic carbocycles. The number of allylic oxidation sites excluding steroid dienone is 1. The first-order chi connectivity index (χ1) is 16.0. The second-order valence-electron chi connectivity index (χ2n) is 7.47. The first kappa shape index (κ1) is 22.8. The fraction of sp³-hybridized carbons (Fsp3) is 0.111. The molecular formula is C27H23Cl2N3O. The fourth-order valence-electron chi connectivity index (χ4n) is 3.60. The highest BCUT2D eigenvalue weighted by Crippen LogP contribution is 2.36. The molecule has 4 aromatic rings. The molecule has 0 amide bonds. The van der Waals surface area contributed by atoms with Gasteiger partial charge in [0, 0.05) is 40.9 Å². The molecule has 4 rings (SSSR count). The molecule has 4 nitrogen and oxygen atoms in total. The SMILES string of the molecule is C=C(c1ccccc1)N(/C=C\C)c1cc(C)nc2c(OCc3c(Cl)cncc3Cl)cccc12. The molecule has 0 radical (unpaired) electrons. The summed E-state index contributed by atoms with van der Waals surface area (Å²) in [6.45, 7) is 8.52. The van der Waals surface area contributed by atoms with Crippen LogP contribution in [-0.2, 0) is 6.61 Å². The lowest BCUT2D eigenvalue weighted by Gasteiger charge is -2.25. The molecule has 0 bridgehead atoms. The minimum Gasteiger partial charge on any atom is -0.487 e. The van der Waals surface area contributed by atoms with Crippen LogP contribution in [0.1, 0.15) is 23.7 Å². The van der Waals surface area contributed by atoms with E-state index in [2.05, 4.69) is 22.5 Å². The molecule has 0 unspecified atom stereocenters. The van der Waals surface area contributed by atoms with E-state index in [0.717, 1.165) is 33.5 Å². The van der Waals surface area contributed by atoms with Crippen LogP contribution in [-0.4, -0.2) is 9.97 Å². The minimum atomic E-state index is 0.208. The van der Waals surface area contributed by atoms with Gasteiger partial charge in [-0.05, 0) is 31.5 Å². The minimum absolute atomic E-state index is 0.208. The number of halogens is 2. The topological polar surface area (TPSA) is 38.2 Å². The Morgan fingerprint density at radius 2 is 1.79 bits per heavy atom. The third-order valence-electron chi connectivity index (χ3n) is 5.19. The summed E-state index contributed by atoms with van der Waals surface area (Å²) in [6, 6.07) is 18.0. The Labute approximate surface area is 203 Å². The molecule has 2 aromatic carbocycles. The lowest BCUT2D eigenvalue weighted by Crippen LogP contribution is -2.14. The number of para-hydroxylation sites is 1. The molecule has 0 aliphatic rings. The van der Waals surface area contributed by atoms with Crippen LogP contribution in [0.3, 0.4) is 0 Å². The zero-order valence-electron chi connectivity index (χ0n) is 18.4. The van der Waals surface area contributed by atoms with Crippen molar-refractivity contribution in [2.24, 2.45) is 0 Å². The summed E-state index contributed by atoms with van der Waals surface area (Å²) >= 11 is 12.5. The van der Waals surface area contributed by atoms with E-state index in [1.165, 1.54) is 0 Å². The standard InChI is InChI=1S/C27H23Cl2N3O/c1-4-13-32(19(3)20-9-6-5-7-10-20)25-14-18(2)31-27-21(25)11-8-12-26(27)33-17-22-23(28)15-30-16-24(22)29/h4-16H,3,17H2,1-2H3/b13-4-. The summed E-state index contributed by atoms with van der Waals surface area (Å²) < 4.78 is 6.14. The number of aromatic nitrogens is 2. The van der Waals surface area contributed by atoms with Crippen molar-refractivity contribution in [2.45, 2.75) is 20.5 Å². The van der Waals surface area contributed by atoms with E-state index >= 15 is 0 Å². The van der Waals surface area contributed by atoms with Gasteiger partial charge in [0.25, 0.3) is 0 Å². The van der Waals surface area contributed by atoms with Crippen molar-refractivity contribution >= 4 is 45.5 Å². The normalized spacial score (nSPS) is 11.2. The molecule has 6 heteroatoms. The van der Waals surface area contributed by atoms with Gasteiger partial charge in [0.15, 0.2) is 0 Å². The smallest absolute Gasteiger partial charge is 0.146 e. The van der Waals surface area contributed by atoms with Gasteiger partial charge in [-0.1, -0.05) is 78.3 Å². The van der Waals surface area contributed by atoms with Crippen LogP contribution in [0.5, 0.6) is 5.75 Å². The summed E-state index contributed by atoms with van der Waals surface area (Å²) in [6.07, 6.45) is 7.11. The van der Waals surface area contributed by atoms with Crippen molar-refractivity contribution < 1.29 is 4.74 Å². The van der Waals surface area contributed by atoms with Crippen LogP contribution >= 0.6 is 23.2 Å². The Kier molecular flexibility index (Phi) is 6.97. The molecule has 33 heavy (non-hydrogen) atoms. The van der Waals surface area contributed by atoms with E-state index in [9.17, 15) is 0 Å². The van der Waals surface area contributed by atoms with Crippen LogP contribution in [0.25, 0.3) is 16.6 Å². The zero-order valence-corrected chi connectivity index (χ0v) is 19.9. The van der Waals surface area contributed by atoms with Crippen molar-refractivity contribution in [1.29, 1.82) is 0 Å². The van der Waals surface area contributed by atoms with Crippen molar-refractivity contribution in [3.8, 4) is 5.75 Å². The number of nitrogens with zero attached hydrogens (tertiary/aromatic N) is 3. The first-order valence-corrected chi connectivity index (χ1v) is 11.2. The number of hydrogen-bond donors (Lipinski definition) is 0. The monoisotopic (exact) mass is 475 g/mol. The number of ether oxygens (including phenoxy) is 1. The maximum atomic E-state index is 6.27. The molecule has 2 heterocycles. The lowest BCUT2D eigenvalue weighted by atomic mass is 10.1. The van der Waals surface area contributed by atoms with Gasteiger partial charge < -0.3 is 9.64 Å². The Morgan fingerprint density at radius 3 is 2.48 bits per heavy atom. The Hall–Kier alpha value is -3.34. The van der Waals surface area contributed by atoms with Crippen LogP contribution in [0.4, 0.5) is 5.69 Å². The van der Waals surface area contributed by atoms with Crippen LogP contribution in [0.2, 0.25) is 10.0 Å². The highest BCUT2D eigenvalue weighted by Gasteiger charge is 2.17. The first-order valence-electron chi connectivity index (χ1n) is 10.5. The van der Waals surface area contributed by atoms with Crippen molar-refractivity contribution in [3.63, 3.8) is 0 Å². The molecule has 0 N–H and O–H groups in total. The molecular weight excluding hydrogens is 453 g/mol. The second-order valence-corrected chi connectivity index (χ2v) is 8.28. The van der Waals surface area contributed by atoms with E-state index in [0.29, 0.717) is 21.4 Å². The number of pyridine rings is 2. The lowest BCUT2D eigenvalue weighted by molar-refractivity contribution is 0.309. The number of hydrogen-bond acceptors (Lipinski definition) is 4. The molecule has 2 aromatic heterocycles. The van der Waals surface area contributed by atoms with E-state index in [4.69, 9.17) is 32.9 Å². The molecule has 0 spiro atoms. The van der Waals surface area contributed by atoms with E-state index in [1.54, 1.807) is 12.4 Å². The third kappa shape index (κ3) is 4.87. The largest absolute Gasteiger partial charge is 0.487 e. The van der Waals surface area contributed by atoms with Gasteiger partial charge in [-0.15, -0.1) is 0 Å². The Morgan fingerprint density at radius 1 is 1.06 bits per heavy atom. The van der Waals surface area contributed by atoms with E-state index in [1.807, 2.05) is 74.7 Å². The van der Waals surface area contributed by atoms with Gasteiger partial charge in [-0.2, -0.15) is 0 Å². The number of benzene rings is 2. The molecule has 0 atom stereocenters. The average Bonchev–Trinajstić information content (AvgIpc) is 2.82. The Bertz CT molecular complexity index is 1320.